The molecule has 14 heteroatoms. The lowest BCUT2D eigenvalue weighted by Gasteiger charge is -2.13. The zero-order chi connectivity index (χ0) is 18.5. The summed E-state index contributed by atoms with van der Waals surface area (Å²) in [6, 6.07) is 1.54. The number of hydrogen-bond donors (Lipinski definition) is 4. The minimum atomic E-state index is -5.12. The van der Waals surface area contributed by atoms with Crippen molar-refractivity contribution in [3.8, 4) is 5.75 Å². The maximum atomic E-state index is 13.0. The minimum Gasteiger partial charge on any atom is -0.398 e. The van der Waals surface area contributed by atoms with Gasteiger partial charge in [-0.2, -0.15) is 13.2 Å². The number of benzene rings is 1. The van der Waals surface area contributed by atoms with E-state index in [0.29, 0.717) is 18.2 Å². The van der Waals surface area contributed by atoms with Crippen LogP contribution >= 0.6 is 7.82 Å². The molecule has 1 aromatic carbocycles. The molecule has 0 aliphatic carbocycles. The second-order valence-corrected chi connectivity index (χ2v) is 7.22. The number of primary sulfonamides is 1. The molecule has 0 aliphatic heterocycles. The zero-order valence-corrected chi connectivity index (χ0v) is 12.9. The summed E-state index contributed by atoms with van der Waals surface area (Å²) in [6.45, 7) is 0. The molecule has 2 rings (SSSR count). The molecule has 0 spiro atoms. The summed E-state index contributed by atoms with van der Waals surface area (Å²) in [6.07, 6.45) is -5.08. The minimum absolute atomic E-state index is 0.296. The van der Waals surface area contributed by atoms with E-state index in [4.69, 9.17) is 14.9 Å². The number of halogens is 3. The molecule has 1 heterocycles. The fourth-order valence-electron chi connectivity index (χ4n) is 1.87. The predicted octanol–water partition coefficient (Wildman–Crippen LogP) is 0.666. The summed E-state index contributed by atoms with van der Waals surface area (Å²) in [5.41, 5.74) is -3.25. The first-order chi connectivity index (χ1) is 10.7. The van der Waals surface area contributed by atoms with E-state index >= 15 is 0 Å². The maximum absolute atomic E-state index is 13.0. The molecule has 9 nitrogen and oxygen atoms in total. The van der Waals surface area contributed by atoms with E-state index in [1.165, 1.54) is 0 Å². The summed E-state index contributed by atoms with van der Waals surface area (Å²) < 4.78 is 76.5. The molecular formula is C10H8F3N2O7PS. The Hall–Kier alpha value is -1.92. The lowest BCUT2D eigenvalue weighted by atomic mass is 10.1. The van der Waals surface area contributed by atoms with Crippen LogP contribution < -0.4 is 15.2 Å². The highest BCUT2D eigenvalue weighted by Crippen LogP contribution is 2.38. The van der Waals surface area contributed by atoms with Crippen LogP contribution in [-0.4, -0.2) is 23.2 Å². The summed E-state index contributed by atoms with van der Waals surface area (Å²) in [4.78, 5) is 29.6. The molecule has 0 saturated carbocycles. The van der Waals surface area contributed by atoms with Gasteiger partial charge in [-0.05, 0) is 18.2 Å². The number of H-pyrrole nitrogens is 1. The third-order valence-corrected chi connectivity index (χ3v) is 4.12. The van der Waals surface area contributed by atoms with Gasteiger partial charge >= 0.3 is 14.0 Å². The second-order valence-electron chi connectivity index (χ2n) is 4.52. The van der Waals surface area contributed by atoms with Crippen LogP contribution in [0.4, 0.5) is 13.2 Å². The molecular weight excluding hydrogens is 380 g/mol. The average molecular weight is 388 g/mol. The molecule has 0 fully saturated rings. The molecule has 0 saturated heterocycles. The number of alkyl halides is 3. The van der Waals surface area contributed by atoms with E-state index in [1.54, 1.807) is 0 Å². The van der Waals surface area contributed by atoms with Crippen molar-refractivity contribution in [1.82, 2.24) is 4.98 Å². The van der Waals surface area contributed by atoms with Gasteiger partial charge in [0.25, 0.3) is 5.56 Å². The van der Waals surface area contributed by atoms with Crippen LogP contribution in [0.1, 0.15) is 5.56 Å². The van der Waals surface area contributed by atoms with Crippen molar-refractivity contribution >= 4 is 28.7 Å². The number of aromatic amines is 1. The normalized spacial score (nSPS) is 13.2. The van der Waals surface area contributed by atoms with Gasteiger partial charge in [-0.1, -0.05) is 0 Å². The lowest BCUT2D eigenvalue weighted by molar-refractivity contribution is -0.139. The highest BCUT2D eigenvalue weighted by atomic mass is 32.2. The predicted molar refractivity (Wildman–Crippen MR) is 73.6 cm³/mol. The number of phosphoric acid groups is 1. The molecule has 5 N–H and O–H groups in total. The lowest BCUT2D eigenvalue weighted by Crippen LogP contribution is -2.19. The highest BCUT2D eigenvalue weighted by molar-refractivity contribution is 7.89. The third-order valence-electron chi connectivity index (χ3n) is 2.74. The topological polar surface area (TPSA) is 160 Å². The summed E-state index contributed by atoms with van der Waals surface area (Å²) in [5.74, 6) is -0.907. The van der Waals surface area contributed by atoms with Crippen molar-refractivity contribution < 1.29 is 40.5 Å². The number of nitrogens with one attached hydrogen (secondary N) is 1. The molecule has 0 bridgehead atoms. The molecule has 0 atom stereocenters. The number of fused-ring (bicyclic) bond motifs is 1. The average Bonchev–Trinajstić information content (AvgIpc) is 2.34. The van der Waals surface area contributed by atoms with Crippen molar-refractivity contribution in [2.24, 2.45) is 5.14 Å². The molecule has 132 valence electrons. The van der Waals surface area contributed by atoms with Gasteiger partial charge in [0, 0.05) is 10.9 Å². The second kappa shape index (κ2) is 5.57. The Morgan fingerprint density at radius 1 is 1.21 bits per heavy atom. The van der Waals surface area contributed by atoms with Crippen molar-refractivity contribution in [2.45, 2.75) is 11.1 Å². The molecule has 0 amide bonds. The Kier molecular flexibility index (Phi) is 4.27. The van der Waals surface area contributed by atoms with Crippen molar-refractivity contribution in [3.63, 3.8) is 0 Å². The van der Waals surface area contributed by atoms with E-state index in [0.717, 1.165) is 0 Å². The first-order valence-corrected chi connectivity index (χ1v) is 8.82. The number of nitrogens with two attached hydrogens (primary N) is 1. The Morgan fingerprint density at radius 3 is 2.25 bits per heavy atom. The quantitative estimate of drug-likeness (QED) is 0.562. The number of hydrogen-bond acceptors (Lipinski definition) is 5. The zero-order valence-electron chi connectivity index (χ0n) is 11.2. The number of sulfonamides is 1. The van der Waals surface area contributed by atoms with Crippen molar-refractivity contribution in [1.29, 1.82) is 0 Å². The number of rotatable bonds is 3. The van der Waals surface area contributed by atoms with Crippen LogP contribution in [-0.2, 0) is 20.8 Å². The van der Waals surface area contributed by atoms with E-state index in [-0.39, 0.29) is 5.39 Å². The van der Waals surface area contributed by atoms with Crippen LogP contribution in [0.2, 0.25) is 0 Å². The van der Waals surface area contributed by atoms with Gasteiger partial charge in [-0.3, -0.25) is 14.6 Å². The molecule has 2 aromatic rings. The van der Waals surface area contributed by atoms with Gasteiger partial charge in [0.1, 0.15) is 0 Å². The molecule has 24 heavy (non-hydrogen) atoms. The van der Waals surface area contributed by atoms with Crippen LogP contribution in [0.15, 0.2) is 27.9 Å². The largest absolute Gasteiger partial charge is 0.524 e. The van der Waals surface area contributed by atoms with Crippen LogP contribution in [0.5, 0.6) is 5.75 Å². The standard InChI is InChI=1S/C10H8F3N2O7PS/c11-10(12,13)5-3-6-4(2-8(5)24(14,20)21)1-7(9(16)15-6)22-23(17,18)19/h1-3H,(H,15,16)(H2,14,20,21)(H2,17,18,19). The smallest absolute Gasteiger partial charge is 0.398 e. The van der Waals surface area contributed by atoms with E-state index < -0.39 is 51.3 Å². The highest BCUT2D eigenvalue weighted by Gasteiger charge is 2.37. The first kappa shape index (κ1) is 18.4. The summed E-state index contributed by atoms with van der Waals surface area (Å²) in [7, 11) is -9.89. The summed E-state index contributed by atoms with van der Waals surface area (Å²) >= 11 is 0. The Balaban J connectivity index is 2.84. The number of pyridine rings is 1. The molecule has 0 unspecified atom stereocenters. The van der Waals surface area contributed by atoms with Gasteiger partial charge in [0.15, 0.2) is 5.75 Å². The van der Waals surface area contributed by atoms with Crippen molar-refractivity contribution in [3.05, 3.63) is 34.1 Å². The number of phosphoric ester groups is 1. The van der Waals surface area contributed by atoms with E-state index in [1.807, 2.05) is 4.98 Å². The first-order valence-electron chi connectivity index (χ1n) is 5.75. The Labute approximate surface area is 131 Å². The van der Waals surface area contributed by atoms with Crippen LogP contribution in [0.25, 0.3) is 10.9 Å². The SMILES string of the molecule is NS(=O)(=O)c1cc2cc(OP(=O)(O)O)c(=O)[nH]c2cc1C(F)(F)F. The summed E-state index contributed by atoms with van der Waals surface area (Å²) in [5, 5.41) is 4.46. The Bertz CT molecular complexity index is 1030. The monoisotopic (exact) mass is 388 g/mol. The van der Waals surface area contributed by atoms with Crippen LogP contribution in [0, 0.1) is 0 Å². The van der Waals surface area contributed by atoms with E-state index in [9.17, 15) is 30.9 Å². The van der Waals surface area contributed by atoms with Gasteiger partial charge in [-0.15, -0.1) is 0 Å². The van der Waals surface area contributed by atoms with Gasteiger partial charge in [0.05, 0.1) is 10.5 Å². The molecule has 1 aromatic heterocycles. The molecule has 0 radical (unpaired) electrons. The molecule has 0 aliphatic rings. The van der Waals surface area contributed by atoms with Crippen molar-refractivity contribution in [2.75, 3.05) is 0 Å². The van der Waals surface area contributed by atoms with Gasteiger partial charge in [-0.25, -0.2) is 18.1 Å². The fourth-order valence-corrected chi connectivity index (χ4v) is 3.03. The maximum Gasteiger partial charge on any atom is 0.524 e. The van der Waals surface area contributed by atoms with Crippen LogP contribution in [0.3, 0.4) is 0 Å². The van der Waals surface area contributed by atoms with Gasteiger partial charge < -0.3 is 9.51 Å². The number of aromatic nitrogens is 1. The van der Waals surface area contributed by atoms with E-state index in [2.05, 4.69) is 4.52 Å². The Morgan fingerprint density at radius 2 is 1.79 bits per heavy atom. The van der Waals surface area contributed by atoms with Gasteiger partial charge in [0.2, 0.25) is 10.0 Å². The fraction of sp³-hybridized carbons (Fsp3) is 0.100. The third kappa shape index (κ3) is 3.94.